The van der Waals surface area contributed by atoms with Crippen LogP contribution in [0, 0.1) is 0 Å². The summed E-state index contributed by atoms with van der Waals surface area (Å²) < 4.78 is 5.16. The second-order valence-corrected chi connectivity index (χ2v) is 16.0. The average molecular weight is 645 g/mol. The van der Waals surface area contributed by atoms with E-state index in [-0.39, 0.29) is 10.8 Å². The van der Waals surface area contributed by atoms with Crippen molar-refractivity contribution in [1.29, 1.82) is 0 Å². The maximum Gasteiger partial charge on any atom is 0.0548 e. The molecule has 2 heteroatoms. The lowest BCUT2D eigenvalue weighted by molar-refractivity contribution is 0.656. The van der Waals surface area contributed by atoms with Crippen LogP contribution in [-0.2, 0) is 23.7 Å². The zero-order chi connectivity index (χ0) is 33.5. The molecule has 242 valence electrons. The lowest BCUT2D eigenvalue weighted by Gasteiger charge is -2.23. The molecule has 2 nitrogen and oxygen atoms in total. The molecular formula is C48H40N2. The van der Waals surface area contributed by atoms with Crippen molar-refractivity contribution in [1.82, 2.24) is 9.13 Å². The molecule has 0 aliphatic heterocycles. The third-order valence-corrected chi connectivity index (χ3v) is 12.7. The molecule has 11 rings (SSSR count). The Hall–Kier alpha value is -5.34. The van der Waals surface area contributed by atoms with Gasteiger partial charge in [0.1, 0.15) is 0 Å². The lowest BCUT2D eigenvalue weighted by atomic mass is 9.82. The van der Waals surface area contributed by atoms with E-state index in [9.17, 15) is 0 Å². The van der Waals surface area contributed by atoms with Gasteiger partial charge in [0, 0.05) is 44.1 Å². The maximum absolute atomic E-state index is 2.63. The molecule has 8 aromatic rings. The van der Waals surface area contributed by atoms with Gasteiger partial charge in [-0.15, -0.1) is 0 Å². The molecule has 50 heavy (non-hydrogen) atoms. The van der Waals surface area contributed by atoms with E-state index >= 15 is 0 Å². The SMILES string of the molecule is CC1(C)c2ccccc2-c2ccc(-n3c4c(c5cc6c(cc53)c3ccccc3n6-c3ccc5c(c3)C(C)(C)c3ccccc3-5)CCCC4)cc21. The van der Waals surface area contributed by atoms with E-state index in [1.54, 1.807) is 5.56 Å². The molecule has 0 bridgehead atoms. The molecule has 0 unspecified atom stereocenters. The number of hydrogen-bond acceptors (Lipinski definition) is 0. The highest BCUT2D eigenvalue weighted by molar-refractivity contribution is 6.14. The van der Waals surface area contributed by atoms with Crippen LogP contribution in [0.15, 0.2) is 121 Å². The highest BCUT2D eigenvalue weighted by atomic mass is 15.0. The largest absolute Gasteiger partial charge is 0.313 e. The number of fused-ring (bicyclic) bond motifs is 12. The molecule has 0 saturated heterocycles. The van der Waals surface area contributed by atoms with Gasteiger partial charge in [-0.2, -0.15) is 0 Å². The number of hydrogen-bond donors (Lipinski definition) is 0. The van der Waals surface area contributed by atoms with Crippen LogP contribution in [0.2, 0.25) is 0 Å². The van der Waals surface area contributed by atoms with Crippen LogP contribution in [0.1, 0.15) is 74.0 Å². The van der Waals surface area contributed by atoms with Crippen LogP contribution in [0.4, 0.5) is 0 Å². The average Bonchev–Trinajstić information content (AvgIpc) is 3.79. The Labute approximate surface area is 293 Å². The molecule has 0 N–H and O–H groups in total. The molecule has 0 saturated carbocycles. The van der Waals surface area contributed by atoms with Crippen molar-refractivity contribution in [3.8, 4) is 33.6 Å². The van der Waals surface area contributed by atoms with Gasteiger partial charge in [0.2, 0.25) is 0 Å². The first kappa shape index (κ1) is 28.5. The van der Waals surface area contributed by atoms with E-state index in [0.717, 1.165) is 12.8 Å². The van der Waals surface area contributed by atoms with Crippen molar-refractivity contribution in [2.45, 2.75) is 64.2 Å². The first-order chi connectivity index (χ1) is 24.3. The van der Waals surface area contributed by atoms with Gasteiger partial charge < -0.3 is 9.13 Å². The Morgan fingerprint density at radius 1 is 0.420 bits per heavy atom. The van der Waals surface area contributed by atoms with Crippen LogP contribution in [0.3, 0.4) is 0 Å². The minimum Gasteiger partial charge on any atom is -0.313 e. The molecule has 6 aromatic carbocycles. The fraction of sp³-hybridized carbons (Fsp3) is 0.208. The van der Waals surface area contributed by atoms with Crippen LogP contribution < -0.4 is 0 Å². The van der Waals surface area contributed by atoms with Crippen LogP contribution in [-0.4, -0.2) is 9.13 Å². The molecular weight excluding hydrogens is 605 g/mol. The smallest absolute Gasteiger partial charge is 0.0548 e. The molecule has 0 amide bonds. The monoisotopic (exact) mass is 644 g/mol. The minimum absolute atomic E-state index is 0.0303. The van der Waals surface area contributed by atoms with E-state index in [2.05, 4.69) is 158 Å². The van der Waals surface area contributed by atoms with E-state index in [1.807, 2.05) is 0 Å². The maximum atomic E-state index is 2.63. The molecule has 0 atom stereocenters. The standard InChI is InChI=1S/C48H40N2/c1-47(2)39-17-9-5-13-31(39)33-23-21-29(25-41(33)47)49-43-19-11-7-15-35(43)37-28-46-38(27-45(37)49)36-16-8-12-20-44(36)50(46)30-22-24-34-32-14-6-10-18-40(32)48(3,4)42(34)26-30/h5-7,9-11,13-15,17-19,21-28H,8,12,16,20H2,1-4H3. The third kappa shape index (κ3) is 3.54. The van der Waals surface area contributed by atoms with Gasteiger partial charge in [-0.25, -0.2) is 0 Å². The number of rotatable bonds is 2. The predicted octanol–water partition coefficient (Wildman–Crippen LogP) is 12.2. The zero-order valence-electron chi connectivity index (χ0n) is 29.3. The lowest BCUT2D eigenvalue weighted by Crippen LogP contribution is -2.15. The number of nitrogens with zero attached hydrogens (tertiary/aromatic N) is 2. The van der Waals surface area contributed by atoms with Crippen molar-refractivity contribution < 1.29 is 0 Å². The van der Waals surface area contributed by atoms with Gasteiger partial charge in [-0.3, -0.25) is 0 Å². The summed E-state index contributed by atoms with van der Waals surface area (Å²) in [4.78, 5) is 0. The van der Waals surface area contributed by atoms with E-state index in [0.29, 0.717) is 0 Å². The highest BCUT2D eigenvalue weighted by Crippen LogP contribution is 2.51. The summed E-state index contributed by atoms with van der Waals surface area (Å²) in [6.45, 7) is 9.54. The Morgan fingerprint density at radius 2 is 0.940 bits per heavy atom. The van der Waals surface area contributed by atoms with Gasteiger partial charge >= 0.3 is 0 Å². The van der Waals surface area contributed by atoms with Gasteiger partial charge in [0.05, 0.1) is 16.6 Å². The van der Waals surface area contributed by atoms with Crippen molar-refractivity contribution in [3.63, 3.8) is 0 Å². The normalized spacial score (nSPS) is 16.4. The summed E-state index contributed by atoms with van der Waals surface area (Å²) in [5.41, 5.74) is 20.6. The number of benzene rings is 6. The molecule has 3 aliphatic carbocycles. The predicted molar refractivity (Wildman–Crippen MR) is 209 cm³/mol. The summed E-state index contributed by atoms with van der Waals surface area (Å²) in [6, 6.07) is 46.4. The number of aryl methyl sites for hydroxylation is 1. The molecule has 3 aliphatic rings. The fourth-order valence-corrected chi connectivity index (χ4v) is 10.2. The highest BCUT2D eigenvalue weighted by Gasteiger charge is 2.37. The van der Waals surface area contributed by atoms with Gasteiger partial charge in [0.15, 0.2) is 0 Å². The van der Waals surface area contributed by atoms with Crippen LogP contribution in [0.25, 0.3) is 66.3 Å². The summed E-state index contributed by atoms with van der Waals surface area (Å²) in [7, 11) is 0. The fourth-order valence-electron chi connectivity index (χ4n) is 10.2. The van der Waals surface area contributed by atoms with Crippen LogP contribution in [0.5, 0.6) is 0 Å². The zero-order valence-corrected chi connectivity index (χ0v) is 29.3. The van der Waals surface area contributed by atoms with E-state index in [4.69, 9.17) is 0 Å². The molecule has 0 spiro atoms. The second kappa shape index (κ2) is 9.67. The Kier molecular flexibility index (Phi) is 5.51. The van der Waals surface area contributed by atoms with Gasteiger partial charge in [-0.05, 0) is 118 Å². The molecule has 2 aromatic heterocycles. The number of para-hydroxylation sites is 1. The van der Waals surface area contributed by atoms with Crippen molar-refractivity contribution in [3.05, 3.63) is 155 Å². The minimum atomic E-state index is -0.0456. The van der Waals surface area contributed by atoms with Crippen molar-refractivity contribution >= 4 is 32.7 Å². The Morgan fingerprint density at radius 3 is 1.62 bits per heavy atom. The molecule has 2 heterocycles. The summed E-state index contributed by atoms with van der Waals surface area (Å²) in [5.74, 6) is 0. The molecule has 0 radical (unpaired) electrons. The Bertz CT molecular complexity index is 2760. The van der Waals surface area contributed by atoms with E-state index < -0.39 is 0 Å². The Balaban J connectivity index is 1.16. The van der Waals surface area contributed by atoms with Crippen molar-refractivity contribution in [2.75, 3.05) is 0 Å². The summed E-state index contributed by atoms with van der Waals surface area (Å²) >= 11 is 0. The van der Waals surface area contributed by atoms with Crippen molar-refractivity contribution in [2.24, 2.45) is 0 Å². The first-order valence-corrected chi connectivity index (χ1v) is 18.4. The molecule has 0 fully saturated rings. The quantitative estimate of drug-likeness (QED) is 0.177. The summed E-state index contributed by atoms with van der Waals surface area (Å²) in [5, 5.41) is 4.04. The van der Waals surface area contributed by atoms with E-state index in [1.165, 1.54) is 107 Å². The topological polar surface area (TPSA) is 9.86 Å². The van der Waals surface area contributed by atoms with Gasteiger partial charge in [-0.1, -0.05) is 107 Å². The first-order valence-electron chi connectivity index (χ1n) is 18.4. The van der Waals surface area contributed by atoms with Crippen LogP contribution >= 0.6 is 0 Å². The second-order valence-electron chi connectivity index (χ2n) is 16.0. The summed E-state index contributed by atoms with van der Waals surface area (Å²) in [6.07, 6.45) is 4.75. The number of aromatic nitrogens is 2. The van der Waals surface area contributed by atoms with Gasteiger partial charge in [0.25, 0.3) is 0 Å². The third-order valence-electron chi connectivity index (χ3n) is 12.7.